The van der Waals surface area contributed by atoms with E-state index in [-0.39, 0.29) is 11.7 Å². The van der Waals surface area contributed by atoms with Crippen molar-refractivity contribution >= 4 is 12.1 Å². The number of hydrogen-bond acceptors (Lipinski definition) is 2. The molecule has 0 aromatic heterocycles. The van der Waals surface area contributed by atoms with Crippen LogP contribution in [0, 0.1) is 5.92 Å². The Hall–Kier alpha value is -0.660. The van der Waals surface area contributed by atoms with E-state index in [4.69, 9.17) is 0 Å². The van der Waals surface area contributed by atoms with Gasteiger partial charge >= 0.3 is 0 Å². The molecule has 16 heavy (non-hydrogen) atoms. The average molecular weight is 226 g/mol. The first-order chi connectivity index (χ1) is 7.76. The maximum atomic E-state index is 11.7. The van der Waals surface area contributed by atoms with E-state index in [0.29, 0.717) is 6.42 Å². The Labute approximate surface area is 99.8 Å². The standard InChI is InChI=1S/C14H26O2/c1-3-5-7-8-9-11-14(16)13(12-15)10-6-4-2/h12-13H,3-11H2,1-2H3. The van der Waals surface area contributed by atoms with Gasteiger partial charge in [0.05, 0.1) is 5.92 Å². The molecule has 0 aliphatic carbocycles. The van der Waals surface area contributed by atoms with Gasteiger partial charge in [0.1, 0.15) is 12.1 Å². The van der Waals surface area contributed by atoms with Crippen LogP contribution in [0.5, 0.6) is 0 Å². The van der Waals surface area contributed by atoms with Crippen LogP contribution in [0.4, 0.5) is 0 Å². The predicted octanol–water partition coefficient (Wildman–Crippen LogP) is 3.92. The highest BCUT2D eigenvalue weighted by Crippen LogP contribution is 2.12. The van der Waals surface area contributed by atoms with Crippen LogP contribution >= 0.6 is 0 Å². The molecule has 0 aliphatic rings. The molecule has 0 spiro atoms. The highest BCUT2D eigenvalue weighted by Gasteiger charge is 2.15. The zero-order valence-electron chi connectivity index (χ0n) is 10.8. The van der Waals surface area contributed by atoms with Crippen molar-refractivity contribution in [2.75, 3.05) is 0 Å². The van der Waals surface area contributed by atoms with Gasteiger partial charge in [0, 0.05) is 6.42 Å². The first kappa shape index (κ1) is 15.3. The predicted molar refractivity (Wildman–Crippen MR) is 67.5 cm³/mol. The van der Waals surface area contributed by atoms with Crippen LogP contribution < -0.4 is 0 Å². The highest BCUT2D eigenvalue weighted by atomic mass is 16.1. The average Bonchev–Trinajstić information content (AvgIpc) is 2.30. The summed E-state index contributed by atoms with van der Waals surface area (Å²) in [5, 5.41) is 0. The molecule has 0 fully saturated rings. The van der Waals surface area contributed by atoms with Gasteiger partial charge < -0.3 is 4.79 Å². The summed E-state index contributed by atoms with van der Waals surface area (Å²) in [6, 6.07) is 0. The number of aldehydes is 1. The SMILES string of the molecule is CCCCCCCC(=O)C(C=O)CCCC. The van der Waals surface area contributed by atoms with E-state index in [1.54, 1.807) is 0 Å². The van der Waals surface area contributed by atoms with Crippen LogP contribution in [0.3, 0.4) is 0 Å². The van der Waals surface area contributed by atoms with Crippen LogP contribution in [0.15, 0.2) is 0 Å². The van der Waals surface area contributed by atoms with Gasteiger partial charge in [-0.1, -0.05) is 52.4 Å². The van der Waals surface area contributed by atoms with Crippen molar-refractivity contribution in [3.05, 3.63) is 0 Å². The maximum Gasteiger partial charge on any atom is 0.143 e. The first-order valence-corrected chi connectivity index (χ1v) is 6.74. The molecule has 2 nitrogen and oxygen atoms in total. The van der Waals surface area contributed by atoms with Crippen LogP contribution in [0.1, 0.15) is 71.6 Å². The number of hydrogen-bond donors (Lipinski definition) is 0. The summed E-state index contributed by atoms with van der Waals surface area (Å²) in [5.41, 5.74) is 0. The minimum atomic E-state index is -0.328. The van der Waals surface area contributed by atoms with E-state index < -0.39 is 0 Å². The Bertz CT molecular complexity index is 187. The van der Waals surface area contributed by atoms with Gasteiger partial charge in [0.15, 0.2) is 0 Å². The molecule has 1 atom stereocenters. The minimum absolute atomic E-state index is 0.153. The van der Waals surface area contributed by atoms with Crippen molar-refractivity contribution in [2.45, 2.75) is 71.6 Å². The fraction of sp³-hybridized carbons (Fsp3) is 0.857. The third kappa shape index (κ3) is 7.61. The van der Waals surface area contributed by atoms with E-state index >= 15 is 0 Å². The number of ketones is 1. The summed E-state index contributed by atoms with van der Waals surface area (Å²) in [7, 11) is 0. The molecular weight excluding hydrogens is 200 g/mol. The van der Waals surface area contributed by atoms with Crippen LogP contribution in [-0.2, 0) is 9.59 Å². The van der Waals surface area contributed by atoms with Crippen LogP contribution in [0.25, 0.3) is 0 Å². The second-order valence-electron chi connectivity index (χ2n) is 4.52. The molecule has 94 valence electrons. The molecule has 0 aliphatic heterocycles. The molecule has 0 saturated carbocycles. The molecule has 0 N–H and O–H groups in total. The van der Waals surface area contributed by atoms with Gasteiger partial charge in [0.2, 0.25) is 0 Å². The maximum absolute atomic E-state index is 11.7. The molecule has 0 saturated heterocycles. The minimum Gasteiger partial charge on any atom is -0.303 e. The second-order valence-corrected chi connectivity index (χ2v) is 4.52. The summed E-state index contributed by atoms with van der Waals surface area (Å²) < 4.78 is 0. The monoisotopic (exact) mass is 226 g/mol. The molecule has 0 radical (unpaired) electrons. The van der Waals surface area contributed by atoms with E-state index in [0.717, 1.165) is 38.4 Å². The van der Waals surface area contributed by atoms with Gasteiger partial charge in [0.25, 0.3) is 0 Å². The summed E-state index contributed by atoms with van der Waals surface area (Å²) in [4.78, 5) is 22.4. The van der Waals surface area contributed by atoms with Crippen molar-refractivity contribution in [3.63, 3.8) is 0 Å². The molecule has 0 bridgehead atoms. The summed E-state index contributed by atoms with van der Waals surface area (Å²) in [6.45, 7) is 4.26. The van der Waals surface area contributed by atoms with Crippen molar-refractivity contribution in [3.8, 4) is 0 Å². The lowest BCUT2D eigenvalue weighted by Crippen LogP contribution is -2.15. The van der Waals surface area contributed by atoms with Gasteiger partial charge in [-0.3, -0.25) is 4.79 Å². The summed E-state index contributed by atoms with van der Waals surface area (Å²) in [5.74, 6) is -0.175. The third-order valence-corrected chi connectivity index (χ3v) is 2.97. The van der Waals surface area contributed by atoms with Crippen molar-refractivity contribution in [2.24, 2.45) is 5.92 Å². The van der Waals surface area contributed by atoms with Crippen LogP contribution in [-0.4, -0.2) is 12.1 Å². The highest BCUT2D eigenvalue weighted by molar-refractivity contribution is 5.93. The normalized spacial score (nSPS) is 12.4. The van der Waals surface area contributed by atoms with Gasteiger partial charge in [-0.05, 0) is 12.8 Å². The lowest BCUT2D eigenvalue weighted by atomic mass is 9.95. The quantitative estimate of drug-likeness (QED) is 0.304. The van der Waals surface area contributed by atoms with E-state index in [1.165, 1.54) is 19.3 Å². The third-order valence-electron chi connectivity index (χ3n) is 2.97. The Kier molecular flexibility index (Phi) is 10.4. The second kappa shape index (κ2) is 10.8. The largest absolute Gasteiger partial charge is 0.303 e. The molecule has 0 amide bonds. The van der Waals surface area contributed by atoms with E-state index in [9.17, 15) is 9.59 Å². The van der Waals surface area contributed by atoms with Gasteiger partial charge in [-0.2, -0.15) is 0 Å². The van der Waals surface area contributed by atoms with Crippen molar-refractivity contribution in [1.82, 2.24) is 0 Å². The fourth-order valence-electron chi connectivity index (χ4n) is 1.82. The first-order valence-electron chi connectivity index (χ1n) is 6.74. The number of rotatable bonds is 11. The summed E-state index contributed by atoms with van der Waals surface area (Å²) in [6.07, 6.45) is 9.97. The van der Waals surface area contributed by atoms with Crippen molar-refractivity contribution < 1.29 is 9.59 Å². The number of carbonyl (C=O) groups is 2. The van der Waals surface area contributed by atoms with Crippen molar-refractivity contribution in [1.29, 1.82) is 0 Å². The lowest BCUT2D eigenvalue weighted by Gasteiger charge is -2.08. The summed E-state index contributed by atoms with van der Waals surface area (Å²) >= 11 is 0. The van der Waals surface area contributed by atoms with E-state index in [1.807, 2.05) is 0 Å². The Morgan fingerprint density at radius 1 is 1.00 bits per heavy atom. The molecule has 2 heteroatoms. The molecule has 0 aromatic carbocycles. The van der Waals surface area contributed by atoms with Crippen LogP contribution in [0.2, 0.25) is 0 Å². The molecule has 1 unspecified atom stereocenters. The Morgan fingerprint density at radius 2 is 1.62 bits per heavy atom. The number of carbonyl (C=O) groups excluding carboxylic acids is 2. The lowest BCUT2D eigenvalue weighted by molar-refractivity contribution is -0.127. The van der Waals surface area contributed by atoms with Gasteiger partial charge in [-0.15, -0.1) is 0 Å². The molecule has 0 heterocycles. The Balaban J connectivity index is 3.62. The molecule has 0 aromatic rings. The smallest absolute Gasteiger partial charge is 0.143 e. The zero-order chi connectivity index (χ0) is 12.2. The Morgan fingerprint density at radius 3 is 2.19 bits per heavy atom. The number of Topliss-reactive ketones (excluding diaryl/α,β-unsaturated/α-hetero) is 1. The van der Waals surface area contributed by atoms with E-state index in [2.05, 4.69) is 13.8 Å². The van der Waals surface area contributed by atoms with Gasteiger partial charge in [-0.25, -0.2) is 0 Å². The molecular formula is C14H26O2. The zero-order valence-corrected chi connectivity index (χ0v) is 10.8. The number of unbranched alkanes of at least 4 members (excludes halogenated alkanes) is 5. The topological polar surface area (TPSA) is 34.1 Å². The molecule has 0 rings (SSSR count). The fourth-order valence-corrected chi connectivity index (χ4v) is 1.82.